The van der Waals surface area contributed by atoms with Gasteiger partial charge in [-0.05, 0) is 38.1 Å². The smallest absolute Gasteiger partial charge is 0.239 e. The van der Waals surface area contributed by atoms with Gasteiger partial charge in [0.05, 0.1) is 18.5 Å². The van der Waals surface area contributed by atoms with E-state index in [0.29, 0.717) is 11.8 Å². The molecule has 0 aliphatic rings. The largest absolute Gasteiger partial charge is 0.467 e. The number of furan rings is 1. The van der Waals surface area contributed by atoms with Gasteiger partial charge in [0.2, 0.25) is 11.8 Å². The van der Waals surface area contributed by atoms with Gasteiger partial charge in [-0.15, -0.1) is 0 Å². The Bertz CT molecular complexity index is 712. The summed E-state index contributed by atoms with van der Waals surface area (Å²) in [6.45, 7) is 2.94. The average Bonchev–Trinajstić information content (AvgIpc) is 3.00. The molecule has 1 aromatic carbocycles. The standard InChI is InChI=1S/C16H16F2N2O3/c1-16(2,14(21)19-9-11-4-3-7-23-11)15(22)20-13-6-5-10(17)8-12(13)18/h3-8H,9H2,1-2H3,(H,19,21)(H,20,22). The molecule has 0 unspecified atom stereocenters. The number of halogens is 2. The van der Waals surface area contributed by atoms with Gasteiger partial charge in [-0.3, -0.25) is 9.59 Å². The molecule has 2 amide bonds. The van der Waals surface area contributed by atoms with E-state index >= 15 is 0 Å². The lowest BCUT2D eigenvalue weighted by Gasteiger charge is -2.22. The lowest BCUT2D eigenvalue weighted by molar-refractivity contribution is -0.138. The second-order valence-electron chi connectivity index (χ2n) is 5.47. The minimum absolute atomic E-state index is 0.132. The average molecular weight is 322 g/mol. The lowest BCUT2D eigenvalue weighted by atomic mass is 9.91. The molecule has 0 bridgehead atoms. The molecule has 2 rings (SSSR count). The summed E-state index contributed by atoms with van der Waals surface area (Å²) < 4.78 is 31.5. The molecule has 0 radical (unpaired) electrons. The Morgan fingerprint density at radius 1 is 1.17 bits per heavy atom. The van der Waals surface area contributed by atoms with Crippen molar-refractivity contribution in [1.82, 2.24) is 5.32 Å². The second kappa shape index (κ2) is 6.60. The first-order valence-electron chi connectivity index (χ1n) is 6.88. The molecule has 7 heteroatoms. The van der Waals surface area contributed by atoms with E-state index in [0.717, 1.165) is 12.1 Å². The van der Waals surface area contributed by atoms with Crippen molar-refractivity contribution in [3.8, 4) is 0 Å². The normalized spacial score (nSPS) is 11.1. The van der Waals surface area contributed by atoms with Gasteiger partial charge in [0.15, 0.2) is 0 Å². The van der Waals surface area contributed by atoms with Gasteiger partial charge in [-0.1, -0.05) is 0 Å². The van der Waals surface area contributed by atoms with Gasteiger partial charge in [-0.2, -0.15) is 0 Å². The van der Waals surface area contributed by atoms with Crippen LogP contribution in [0.15, 0.2) is 41.0 Å². The van der Waals surface area contributed by atoms with Crippen LogP contribution in [0.25, 0.3) is 0 Å². The fourth-order valence-corrected chi connectivity index (χ4v) is 1.77. The number of anilines is 1. The molecule has 1 aromatic heterocycles. The maximum atomic E-state index is 13.6. The Morgan fingerprint density at radius 2 is 1.91 bits per heavy atom. The number of rotatable bonds is 5. The summed E-state index contributed by atoms with van der Waals surface area (Å²) in [7, 11) is 0. The molecule has 1 heterocycles. The molecule has 2 aromatic rings. The number of hydrogen-bond donors (Lipinski definition) is 2. The molecule has 0 spiro atoms. The topological polar surface area (TPSA) is 71.3 Å². The molecule has 23 heavy (non-hydrogen) atoms. The third kappa shape index (κ3) is 3.94. The highest BCUT2D eigenvalue weighted by Crippen LogP contribution is 2.21. The predicted molar refractivity (Wildman–Crippen MR) is 79.3 cm³/mol. The summed E-state index contributed by atoms with van der Waals surface area (Å²) in [5.74, 6) is -2.38. The van der Waals surface area contributed by atoms with Crippen molar-refractivity contribution in [2.45, 2.75) is 20.4 Å². The first-order valence-corrected chi connectivity index (χ1v) is 6.88. The third-order valence-electron chi connectivity index (χ3n) is 3.32. The highest BCUT2D eigenvalue weighted by Gasteiger charge is 2.36. The summed E-state index contributed by atoms with van der Waals surface area (Å²) in [6, 6.07) is 6.12. The number of carbonyl (C=O) groups excluding carboxylic acids is 2. The van der Waals surface area contributed by atoms with Crippen LogP contribution in [0.2, 0.25) is 0 Å². The lowest BCUT2D eigenvalue weighted by Crippen LogP contribution is -2.45. The predicted octanol–water partition coefficient (Wildman–Crippen LogP) is 2.84. The minimum Gasteiger partial charge on any atom is -0.467 e. The SMILES string of the molecule is CC(C)(C(=O)NCc1ccco1)C(=O)Nc1ccc(F)cc1F. The van der Waals surface area contributed by atoms with Crippen LogP contribution < -0.4 is 10.6 Å². The zero-order chi connectivity index (χ0) is 17.0. The van der Waals surface area contributed by atoms with E-state index in [1.165, 1.54) is 20.1 Å². The quantitative estimate of drug-likeness (QED) is 0.832. The monoisotopic (exact) mass is 322 g/mol. The van der Waals surface area contributed by atoms with Crippen molar-refractivity contribution in [3.05, 3.63) is 54.0 Å². The molecular weight excluding hydrogens is 306 g/mol. The Kier molecular flexibility index (Phi) is 4.78. The number of amides is 2. The van der Waals surface area contributed by atoms with Crippen molar-refractivity contribution >= 4 is 17.5 Å². The van der Waals surface area contributed by atoms with Crippen molar-refractivity contribution in [1.29, 1.82) is 0 Å². The van der Waals surface area contributed by atoms with Crippen LogP contribution in [-0.4, -0.2) is 11.8 Å². The summed E-state index contributed by atoms with van der Waals surface area (Å²) in [6.07, 6.45) is 1.47. The second-order valence-corrected chi connectivity index (χ2v) is 5.47. The van der Waals surface area contributed by atoms with Crippen molar-refractivity contribution < 1.29 is 22.8 Å². The molecule has 0 saturated carbocycles. The van der Waals surface area contributed by atoms with Crippen LogP contribution >= 0.6 is 0 Å². The zero-order valence-electron chi connectivity index (χ0n) is 12.7. The minimum atomic E-state index is -1.45. The van der Waals surface area contributed by atoms with E-state index < -0.39 is 28.9 Å². The van der Waals surface area contributed by atoms with E-state index in [1.54, 1.807) is 12.1 Å². The van der Waals surface area contributed by atoms with Gasteiger partial charge < -0.3 is 15.1 Å². The molecule has 122 valence electrons. The van der Waals surface area contributed by atoms with Gasteiger partial charge >= 0.3 is 0 Å². The first-order chi connectivity index (χ1) is 10.8. The van der Waals surface area contributed by atoms with E-state index in [4.69, 9.17) is 4.42 Å². The first kappa shape index (κ1) is 16.7. The third-order valence-corrected chi connectivity index (χ3v) is 3.32. The number of hydrogen-bond acceptors (Lipinski definition) is 3. The maximum absolute atomic E-state index is 13.6. The van der Waals surface area contributed by atoms with E-state index in [-0.39, 0.29) is 12.2 Å². The summed E-state index contributed by atoms with van der Waals surface area (Å²) in [4.78, 5) is 24.4. The number of benzene rings is 1. The van der Waals surface area contributed by atoms with Crippen LogP contribution in [0, 0.1) is 17.0 Å². The highest BCUT2D eigenvalue weighted by molar-refractivity contribution is 6.09. The van der Waals surface area contributed by atoms with Crippen molar-refractivity contribution in [2.75, 3.05) is 5.32 Å². The molecule has 0 aliphatic carbocycles. The van der Waals surface area contributed by atoms with Crippen molar-refractivity contribution in [3.63, 3.8) is 0 Å². The van der Waals surface area contributed by atoms with Crippen LogP contribution in [0.3, 0.4) is 0 Å². The zero-order valence-corrected chi connectivity index (χ0v) is 12.7. The van der Waals surface area contributed by atoms with E-state index in [1.807, 2.05) is 0 Å². The fourth-order valence-electron chi connectivity index (χ4n) is 1.77. The summed E-state index contributed by atoms with van der Waals surface area (Å²) >= 11 is 0. The van der Waals surface area contributed by atoms with Gasteiger partial charge in [0.25, 0.3) is 0 Å². The van der Waals surface area contributed by atoms with Crippen LogP contribution in [0.4, 0.5) is 14.5 Å². The molecular formula is C16H16F2N2O3. The molecule has 2 N–H and O–H groups in total. The van der Waals surface area contributed by atoms with Crippen molar-refractivity contribution in [2.24, 2.45) is 5.41 Å². The molecule has 0 atom stereocenters. The van der Waals surface area contributed by atoms with Gasteiger partial charge in [0.1, 0.15) is 22.8 Å². The van der Waals surface area contributed by atoms with Gasteiger partial charge in [-0.25, -0.2) is 8.78 Å². The summed E-state index contributed by atoms with van der Waals surface area (Å²) in [5.41, 5.74) is -1.64. The Balaban J connectivity index is 2.02. The molecule has 0 saturated heterocycles. The molecule has 0 aliphatic heterocycles. The van der Waals surface area contributed by atoms with E-state index in [2.05, 4.69) is 10.6 Å². The van der Waals surface area contributed by atoms with Crippen LogP contribution in [-0.2, 0) is 16.1 Å². The summed E-state index contributed by atoms with van der Waals surface area (Å²) in [5, 5.41) is 4.86. The maximum Gasteiger partial charge on any atom is 0.239 e. The van der Waals surface area contributed by atoms with Crippen LogP contribution in [0.1, 0.15) is 19.6 Å². The van der Waals surface area contributed by atoms with E-state index in [9.17, 15) is 18.4 Å². The Morgan fingerprint density at radius 3 is 2.52 bits per heavy atom. The van der Waals surface area contributed by atoms with Gasteiger partial charge in [0, 0.05) is 6.07 Å². The Hall–Kier alpha value is -2.70. The number of carbonyl (C=O) groups is 2. The Labute approximate surface area is 131 Å². The number of nitrogens with one attached hydrogen (secondary N) is 2. The fraction of sp³-hybridized carbons (Fsp3) is 0.250. The van der Waals surface area contributed by atoms with Crippen LogP contribution in [0.5, 0.6) is 0 Å². The molecule has 0 fully saturated rings. The highest BCUT2D eigenvalue weighted by atomic mass is 19.1. The molecule has 5 nitrogen and oxygen atoms in total.